The molecule has 0 radical (unpaired) electrons. The third kappa shape index (κ3) is 4.49. The van der Waals surface area contributed by atoms with Gasteiger partial charge < -0.3 is 10.6 Å². The Bertz CT molecular complexity index is 373. The highest BCUT2D eigenvalue weighted by molar-refractivity contribution is 5.78. The highest BCUT2D eigenvalue weighted by atomic mass is 16.1. The molecule has 1 fully saturated rings. The number of rotatable bonds is 7. The van der Waals surface area contributed by atoms with Crippen molar-refractivity contribution in [3.05, 3.63) is 35.9 Å². The maximum atomic E-state index is 11.5. The Hall–Kier alpha value is -1.35. The fourth-order valence-corrected chi connectivity index (χ4v) is 1.94. The summed E-state index contributed by atoms with van der Waals surface area (Å²) in [6.07, 6.45) is 2.55. The van der Waals surface area contributed by atoms with Gasteiger partial charge in [-0.05, 0) is 30.2 Å². The van der Waals surface area contributed by atoms with E-state index in [0.717, 1.165) is 19.0 Å². The van der Waals surface area contributed by atoms with Crippen molar-refractivity contribution in [2.24, 2.45) is 5.92 Å². The zero-order valence-corrected chi connectivity index (χ0v) is 11.0. The van der Waals surface area contributed by atoms with Crippen molar-refractivity contribution in [2.75, 3.05) is 19.6 Å². The molecule has 0 heterocycles. The fourth-order valence-electron chi connectivity index (χ4n) is 1.94. The highest BCUT2D eigenvalue weighted by Gasteiger charge is 2.21. The van der Waals surface area contributed by atoms with Crippen molar-refractivity contribution in [1.29, 1.82) is 0 Å². The second-order valence-electron chi connectivity index (χ2n) is 5.19. The second-order valence-corrected chi connectivity index (χ2v) is 5.19. The Balaban J connectivity index is 1.60. The van der Waals surface area contributed by atoms with E-state index in [4.69, 9.17) is 0 Å². The average molecular weight is 246 g/mol. The number of amides is 1. The van der Waals surface area contributed by atoms with Gasteiger partial charge in [-0.2, -0.15) is 0 Å². The standard InChI is InChI=1S/C15H22N2O/c1-12(14-5-3-2-4-6-14)9-16-11-15(18)17-10-13-7-8-13/h2-6,12-13,16H,7-11H2,1H3,(H,17,18). The van der Waals surface area contributed by atoms with E-state index in [1.807, 2.05) is 18.2 Å². The maximum Gasteiger partial charge on any atom is 0.233 e. The molecule has 1 amide bonds. The van der Waals surface area contributed by atoms with E-state index in [1.165, 1.54) is 18.4 Å². The van der Waals surface area contributed by atoms with Crippen molar-refractivity contribution in [1.82, 2.24) is 10.6 Å². The quantitative estimate of drug-likeness (QED) is 0.771. The van der Waals surface area contributed by atoms with Crippen molar-refractivity contribution in [3.8, 4) is 0 Å². The van der Waals surface area contributed by atoms with Crippen LogP contribution in [0.3, 0.4) is 0 Å². The lowest BCUT2D eigenvalue weighted by molar-refractivity contribution is -0.120. The van der Waals surface area contributed by atoms with Crippen LogP contribution in [0.1, 0.15) is 31.2 Å². The Morgan fingerprint density at radius 3 is 2.72 bits per heavy atom. The van der Waals surface area contributed by atoms with Crippen molar-refractivity contribution in [3.63, 3.8) is 0 Å². The van der Waals surface area contributed by atoms with Crippen LogP contribution in [0.5, 0.6) is 0 Å². The molecule has 0 aliphatic heterocycles. The molecule has 1 aromatic carbocycles. The van der Waals surface area contributed by atoms with E-state index in [9.17, 15) is 4.79 Å². The molecule has 1 aromatic rings. The number of hydrogen-bond donors (Lipinski definition) is 2. The molecule has 2 N–H and O–H groups in total. The van der Waals surface area contributed by atoms with Gasteiger partial charge in [-0.25, -0.2) is 0 Å². The summed E-state index contributed by atoms with van der Waals surface area (Å²) in [4.78, 5) is 11.5. The Labute approximate surface area is 109 Å². The summed E-state index contributed by atoms with van der Waals surface area (Å²) in [6, 6.07) is 10.4. The monoisotopic (exact) mass is 246 g/mol. The lowest BCUT2D eigenvalue weighted by Gasteiger charge is -2.12. The number of benzene rings is 1. The highest BCUT2D eigenvalue weighted by Crippen LogP contribution is 2.27. The Morgan fingerprint density at radius 1 is 1.33 bits per heavy atom. The van der Waals surface area contributed by atoms with Crippen LogP contribution >= 0.6 is 0 Å². The largest absolute Gasteiger partial charge is 0.355 e. The summed E-state index contributed by atoms with van der Waals surface area (Å²) < 4.78 is 0. The van der Waals surface area contributed by atoms with Crippen LogP contribution in [-0.4, -0.2) is 25.5 Å². The number of hydrogen-bond acceptors (Lipinski definition) is 2. The third-order valence-corrected chi connectivity index (χ3v) is 3.39. The van der Waals surface area contributed by atoms with Gasteiger partial charge in [0.25, 0.3) is 0 Å². The smallest absolute Gasteiger partial charge is 0.233 e. The molecule has 98 valence electrons. The first-order valence-corrected chi connectivity index (χ1v) is 6.78. The molecule has 0 saturated heterocycles. The minimum absolute atomic E-state index is 0.113. The summed E-state index contributed by atoms with van der Waals surface area (Å²) in [5.74, 6) is 1.29. The van der Waals surface area contributed by atoms with Gasteiger partial charge in [-0.15, -0.1) is 0 Å². The number of carbonyl (C=O) groups is 1. The molecule has 1 aliphatic rings. The van der Waals surface area contributed by atoms with Crippen LogP contribution in [-0.2, 0) is 4.79 Å². The van der Waals surface area contributed by atoms with Crippen molar-refractivity contribution >= 4 is 5.91 Å². The molecule has 0 aromatic heterocycles. The third-order valence-electron chi connectivity index (χ3n) is 3.39. The second kappa shape index (κ2) is 6.55. The van der Waals surface area contributed by atoms with Crippen LogP contribution in [0.15, 0.2) is 30.3 Å². The van der Waals surface area contributed by atoms with Crippen molar-refractivity contribution < 1.29 is 4.79 Å². The summed E-state index contributed by atoms with van der Waals surface area (Å²) in [6.45, 7) is 4.28. The molecule has 2 rings (SSSR count). The number of carbonyl (C=O) groups excluding carboxylic acids is 1. The molecular weight excluding hydrogens is 224 g/mol. The van der Waals surface area contributed by atoms with Gasteiger partial charge in [0, 0.05) is 13.1 Å². The molecule has 1 atom stereocenters. The molecule has 1 saturated carbocycles. The normalized spacial score (nSPS) is 16.3. The van der Waals surface area contributed by atoms with Gasteiger partial charge in [0.2, 0.25) is 5.91 Å². The first-order valence-electron chi connectivity index (χ1n) is 6.78. The van der Waals surface area contributed by atoms with Gasteiger partial charge in [-0.3, -0.25) is 4.79 Å². The first-order chi connectivity index (χ1) is 8.75. The minimum Gasteiger partial charge on any atom is -0.355 e. The summed E-state index contributed by atoms with van der Waals surface area (Å²) >= 11 is 0. The van der Waals surface area contributed by atoms with Crippen LogP contribution < -0.4 is 10.6 Å². The summed E-state index contributed by atoms with van der Waals surface area (Å²) in [7, 11) is 0. The Kier molecular flexibility index (Phi) is 4.76. The van der Waals surface area contributed by atoms with E-state index in [0.29, 0.717) is 12.5 Å². The topological polar surface area (TPSA) is 41.1 Å². The molecule has 0 spiro atoms. The molecule has 1 unspecified atom stereocenters. The van der Waals surface area contributed by atoms with Crippen molar-refractivity contribution in [2.45, 2.75) is 25.7 Å². The molecule has 1 aliphatic carbocycles. The average Bonchev–Trinajstić information content (AvgIpc) is 3.21. The van der Waals surface area contributed by atoms with E-state index in [1.54, 1.807) is 0 Å². The maximum absolute atomic E-state index is 11.5. The zero-order chi connectivity index (χ0) is 12.8. The van der Waals surface area contributed by atoms with Gasteiger partial charge in [0.15, 0.2) is 0 Å². The summed E-state index contributed by atoms with van der Waals surface area (Å²) in [5, 5.41) is 6.17. The van der Waals surface area contributed by atoms with Gasteiger partial charge in [0.05, 0.1) is 6.54 Å². The van der Waals surface area contributed by atoms with Crippen LogP contribution in [0, 0.1) is 5.92 Å². The minimum atomic E-state index is 0.113. The fraction of sp³-hybridized carbons (Fsp3) is 0.533. The van der Waals surface area contributed by atoms with Gasteiger partial charge in [0.1, 0.15) is 0 Å². The molecule has 3 nitrogen and oxygen atoms in total. The van der Waals surface area contributed by atoms with Crippen LogP contribution in [0.2, 0.25) is 0 Å². The predicted molar refractivity (Wildman–Crippen MR) is 73.5 cm³/mol. The predicted octanol–water partition coefficient (Wildman–Crippen LogP) is 1.91. The molecule has 3 heteroatoms. The van der Waals surface area contributed by atoms with E-state index in [2.05, 4.69) is 29.7 Å². The number of nitrogens with one attached hydrogen (secondary N) is 2. The van der Waals surface area contributed by atoms with E-state index < -0.39 is 0 Å². The Morgan fingerprint density at radius 2 is 2.06 bits per heavy atom. The SMILES string of the molecule is CC(CNCC(=O)NCC1CC1)c1ccccc1. The van der Waals surface area contributed by atoms with Crippen LogP contribution in [0.25, 0.3) is 0 Å². The molecular formula is C15H22N2O. The van der Waals surface area contributed by atoms with Gasteiger partial charge >= 0.3 is 0 Å². The summed E-state index contributed by atoms with van der Waals surface area (Å²) in [5.41, 5.74) is 1.31. The molecule has 0 bridgehead atoms. The molecule has 18 heavy (non-hydrogen) atoms. The lowest BCUT2D eigenvalue weighted by atomic mass is 10.0. The first kappa shape index (κ1) is 13.1. The van der Waals surface area contributed by atoms with Crippen LogP contribution in [0.4, 0.5) is 0 Å². The van der Waals surface area contributed by atoms with E-state index >= 15 is 0 Å². The van der Waals surface area contributed by atoms with Gasteiger partial charge in [-0.1, -0.05) is 37.3 Å². The zero-order valence-electron chi connectivity index (χ0n) is 11.0. The lowest BCUT2D eigenvalue weighted by Crippen LogP contribution is -2.36. The van der Waals surface area contributed by atoms with E-state index in [-0.39, 0.29) is 5.91 Å².